The first kappa shape index (κ1) is 12.6. The average molecular weight is 248 g/mol. The van der Waals surface area contributed by atoms with Gasteiger partial charge in [0.15, 0.2) is 5.72 Å². The van der Waals surface area contributed by atoms with E-state index in [1.807, 2.05) is 6.92 Å². The standard InChI is InChI=1S/C13H16N2O3/c1-3-11-8-13(17,15(9-16)14-11)10-4-6-12(18-2)7-5-10/h4-7,9,17H,3,8H2,1-2H3/t13-/m1/s1. The van der Waals surface area contributed by atoms with Crippen LogP contribution in [0.2, 0.25) is 0 Å². The third-order valence-electron chi connectivity index (χ3n) is 3.14. The molecule has 0 spiro atoms. The molecule has 1 aliphatic rings. The molecule has 0 radical (unpaired) electrons. The Hall–Kier alpha value is -1.88. The topological polar surface area (TPSA) is 62.1 Å². The lowest BCUT2D eigenvalue weighted by atomic mass is 9.97. The van der Waals surface area contributed by atoms with E-state index in [4.69, 9.17) is 4.74 Å². The van der Waals surface area contributed by atoms with Crippen molar-refractivity contribution in [2.45, 2.75) is 25.5 Å². The van der Waals surface area contributed by atoms with Crippen LogP contribution >= 0.6 is 0 Å². The molecule has 0 aliphatic carbocycles. The number of rotatable bonds is 4. The molecular formula is C13H16N2O3. The van der Waals surface area contributed by atoms with E-state index in [9.17, 15) is 9.90 Å². The number of carbonyl (C=O) groups excluding carboxylic acids is 1. The largest absolute Gasteiger partial charge is 0.497 e. The molecule has 96 valence electrons. The average Bonchev–Trinajstić information content (AvgIpc) is 2.76. The van der Waals surface area contributed by atoms with E-state index in [1.165, 1.54) is 0 Å². The van der Waals surface area contributed by atoms with Crippen molar-refractivity contribution in [2.24, 2.45) is 5.10 Å². The van der Waals surface area contributed by atoms with Crippen LogP contribution in [0.25, 0.3) is 0 Å². The van der Waals surface area contributed by atoms with E-state index >= 15 is 0 Å². The lowest BCUT2D eigenvalue weighted by molar-refractivity contribution is -0.143. The zero-order valence-electron chi connectivity index (χ0n) is 10.5. The van der Waals surface area contributed by atoms with Crippen LogP contribution in [-0.2, 0) is 10.5 Å². The van der Waals surface area contributed by atoms with Crippen LogP contribution < -0.4 is 4.74 Å². The third-order valence-corrected chi connectivity index (χ3v) is 3.14. The Morgan fingerprint density at radius 2 is 2.17 bits per heavy atom. The second-order valence-electron chi connectivity index (χ2n) is 4.19. The molecule has 0 saturated heterocycles. The highest BCUT2D eigenvalue weighted by Crippen LogP contribution is 2.35. The van der Waals surface area contributed by atoms with Gasteiger partial charge in [0, 0.05) is 17.7 Å². The first-order chi connectivity index (χ1) is 8.63. The first-order valence-electron chi connectivity index (χ1n) is 5.82. The summed E-state index contributed by atoms with van der Waals surface area (Å²) in [6.45, 7) is 1.95. The zero-order valence-corrected chi connectivity index (χ0v) is 10.5. The van der Waals surface area contributed by atoms with Gasteiger partial charge in [0.25, 0.3) is 0 Å². The van der Waals surface area contributed by atoms with E-state index in [2.05, 4.69) is 5.10 Å². The summed E-state index contributed by atoms with van der Waals surface area (Å²) in [5, 5.41) is 15.8. The summed E-state index contributed by atoms with van der Waals surface area (Å²) in [5.74, 6) is 0.703. The second kappa shape index (κ2) is 4.78. The molecule has 1 heterocycles. The predicted octanol–water partition coefficient (Wildman–Crippen LogP) is 1.47. The number of methoxy groups -OCH3 is 1. The Morgan fingerprint density at radius 3 is 2.67 bits per heavy atom. The quantitative estimate of drug-likeness (QED) is 0.821. The molecule has 1 atom stereocenters. The molecular weight excluding hydrogens is 232 g/mol. The number of carbonyl (C=O) groups is 1. The summed E-state index contributed by atoms with van der Waals surface area (Å²) in [5.41, 5.74) is 0.0577. The molecule has 18 heavy (non-hydrogen) atoms. The van der Waals surface area contributed by atoms with Crippen LogP contribution in [-0.4, -0.2) is 29.3 Å². The fraction of sp³-hybridized carbons (Fsp3) is 0.385. The SMILES string of the molecule is CCC1=NN(C=O)[C@](O)(c2ccc(OC)cc2)C1. The van der Waals surface area contributed by atoms with Gasteiger partial charge in [-0.05, 0) is 18.6 Å². The molecule has 0 unspecified atom stereocenters. The lowest BCUT2D eigenvalue weighted by Gasteiger charge is -2.28. The Morgan fingerprint density at radius 1 is 1.50 bits per heavy atom. The van der Waals surface area contributed by atoms with Gasteiger partial charge < -0.3 is 9.84 Å². The minimum Gasteiger partial charge on any atom is -0.497 e. The predicted molar refractivity (Wildman–Crippen MR) is 67.1 cm³/mol. The normalized spacial score (nSPS) is 22.8. The van der Waals surface area contributed by atoms with Gasteiger partial charge in [-0.3, -0.25) is 4.79 Å². The fourth-order valence-electron chi connectivity index (χ4n) is 2.03. The fourth-order valence-corrected chi connectivity index (χ4v) is 2.03. The molecule has 1 amide bonds. The highest BCUT2D eigenvalue weighted by Gasteiger charge is 2.41. The van der Waals surface area contributed by atoms with E-state index in [-0.39, 0.29) is 0 Å². The molecule has 0 fully saturated rings. The molecule has 1 aliphatic heterocycles. The minimum absolute atomic E-state index is 0.342. The van der Waals surface area contributed by atoms with Gasteiger partial charge >= 0.3 is 0 Å². The monoisotopic (exact) mass is 248 g/mol. The number of ether oxygens (including phenoxy) is 1. The van der Waals surface area contributed by atoms with Crippen molar-refractivity contribution >= 4 is 12.1 Å². The van der Waals surface area contributed by atoms with Crippen molar-refractivity contribution in [3.63, 3.8) is 0 Å². The number of hydrazone groups is 1. The highest BCUT2D eigenvalue weighted by atomic mass is 16.5. The van der Waals surface area contributed by atoms with Crippen molar-refractivity contribution < 1.29 is 14.6 Å². The summed E-state index contributed by atoms with van der Waals surface area (Å²) in [6.07, 6.45) is 1.60. The maximum atomic E-state index is 11.0. The zero-order chi connectivity index (χ0) is 13.2. The van der Waals surface area contributed by atoms with Crippen molar-refractivity contribution in [3.05, 3.63) is 29.8 Å². The summed E-state index contributed by atoms with van der Waals surface area (Å²) < 4.78 is 5.07. The van der Waals surface area contributed by atoms with Crippen molar-refractivity contribution in [1.82, 2.24) is 5.01 Å². The van der Waals surface area contributed by atoms with Crippen LogP contribution in [0, 0.1) is 0 Å². The second-order valence-corrected chi connectivity index (χ2v) is 4.19. The molecule has 5 heteroatoms. The molecule has 1 N–H and O–H groups in total. The highest BCUT2D eigenvalue weighted by molar-refractivity contribution is 5.87. The van der Waals surface area contributed by atoms with Gasteiger partial charge in [-0.2, -0.15) is 10.1 Å². The maximum absolute atomic E-state index is 11.0. The Bertz CT molecular complexity index is 470. The first-order valence-corrected chi connectivity index (χ1v) is 5.82. The van der Waals surface area contributed by atoms with E-state index in [0.717, 1.165) is 10.7 Å². The Balaban J connectivity index is 2.33. The minimum atomic E-state index is -1.38. The summed E-state index contributed by atoms with van der Waals surface area (Å²) in [4.78, 5) is 11.0. The lowest BCUT2D eigenvalue weighted by Crippen LogP contribution is -2.38. The number of aliphatic hydroxyl groups is 1. The van der Waals surface area contributed by atoms with Crippen LogP contribution in [0.5, 0.6) is 5.75 Å². The number of hydrogen-bond donors (Lipinski definition) is 1. The molecule has 0 aromatic heterocycles. The number of nitrogens with zero attached hydrogens (tertiary/aromatic N) is 2. The van der Waals surface area contributed by atoms with E-state index in [0.29, 0.717) is 30.6 Å². The summed E-state index contributed by atoms with van der Waals surface area (Å²) in [7, 11) is 1.58. The maximum Gasteiger partial charge on any atom is 0.232 e. The molecule has 2 rings (SSSR count). The van der Waals surface area contributed by atoms with Gasteiger partial charge in [0.05, 0.1) is 7.11 Å². The van der Waals surface area contributed by atoms with Gasteiger partial charge in [-0.15, -0.1) is 0 Å². The number of benzene rings is 1. The van der Waals surface area contributed by atoms with Crippen molar-refractivity contribution in [2.75, 3.05) is 7.11 Å². The van der Waals surface area contributed by atoms with Crippen molar-refractivity contribution in [1.29, 1.82) is 0 Å². The van der Waals surface area contributed by atoms with E-state index < -0.39 is 5.72 Å². The van der Waals surface area contributed by atoms with Crippen LogP contribution in [0.1, 0.15) is 25.3 Å². The number of amides is 1. The van der Waals surface area contributed by atoms with Crippen molar-refractivity contribution in [3.8, 4) is 5.75 Å². The van der Waals surface area contributed by atoms with Crippen LogP contribution in [0.3, 0.4) is 0 Å². The molecule has 1 aromatic rings. The summed E-state index contributed by atoms with van der Waals surface area (Å²) >= 11 is 0. The summed E-state index contributed by atoms with van der Waals surface area (Å²) in [6, 6.07) is 6.98. The van der Waals surface area contributed by atoms with Gasteiger partial charge in [-0.25, -0.2) is 0 Å². The van der Waals surface area contributed by atoms with Gasteiger partial charge in [0.2, 0.25) is 6.41 Å². The molecule has 0 bridgehead atoms. The van der Waals surface area contributed by atoms with Gasteiger partial charge in [0.1, 0.15) is 5.75 Å². The van der Waals surface area contributed by atoms with Gasteiger partial charge in [-0.1, -0.05) is 19.1 Å². The van der Waals surface area contributed by atoms with Crippen LogP contribution in [0.4, 0.5) is 0 Å². The van der Waals surface area contributed by atoms with E-state index in [1.54, 1.807) is 31.4 Å². The third kappa shape index (κ3) is 1.97. The van der Waals surface area contributed by atoms with Crippen LogP contribution in [0.15, 0.2) is 29.4 Å². The Kier molecular flexibility index (Phi) is 3.34. The smallest absolute Gasteiger partial charge is 0.232 e. The molecule has 1 aromatic carbocycles. The number of hydrogen-bond acceptors (Lipinski definition) is 4. The molecule has 0 saturated carbocycles. The Labute approximate surface area is 106 Å². The molecule has 5 nitrogen and oxygen atoms in total.